The number of nitrogens with one attached hydrogen (secondary N) is 1. The number of aliphatic hydroxyl groups excluding tert-OH is 2. The van der Waals surface area contributed by atoms with Gasteiger partial charge in [-0.1, -0.05) is 91.0 Å². The Kier molecular flexibility index (Phi) is 6.88. The number of imidazole rings is 1. The molecule has 9 nitrogen and oxygen atoms in total. The molecule has 0 bridgehead atoms. The highest BCUT2D eigenvalue weighted by atomic mass is 79.9. The summed E-state index contributed by atoms with van der Waals surface area (Å²) in [5.74, 6) is 0. The summed E-state index contributed by atoms with van der Waals surface area (Å²) in [5.41, 5.74) is 1.57. The van der Waals surface area contributed by atoms with Gasteiger partial charge in [0.1, 0.15) is 23.9 Å². The zero-order valence-corrected chi connectivity index (χ0v) is 22.2. The van der Waals surface area contributed by atoms with Crippen LogP contribution in [0.15, 0.2) is 107 Å². The molecule has 0 amide bonds. The van der Waals surface area contributed by atoms with Crippen LogP contribution < -0.4 is 5.56 Å². The van der Waals surface area contributed by atoms with Gasteiger partial charge in [0.25, 0.3) is 5.56 Å². The van der Waals surface area contributed by atoms with Gasteiger partial charge in [-0.3, -0.25) is 9.36 Å². The molecule has 198 valence electrons. The highest BCUT2D eigenvalue weighted by Crippen LogP contribution is 2.42. The van der Waals surface area contributed by atoms with Crippen LogP contribution >= 0.6 is 15.9 Å². The third-order valence-corrected chi connectivity index (χ3v) is 7.60. The van der Waals surface area contributed by atoms with Gasteiger partial charge in [0.2, 0.25) is 0 Å². The molecule has 2 aromatic heterocycles. The normalized spacial score (nSPS) is 21.4. The number of nitrogens with zero attached hydrogens (tertiary/aromatic N) is 3. The van der Waals surface area contributed by atoms with Crippen molar-refractivity contribution in [3.05, 3.63) is 129 Å². The van der Waals surface area contributed by atoms with Crippen LogP contribution in [0, 0.1) is 0 Å². The van der Waals surface area contributed by atoms with E-state index in [1.165, 1.54) is 10.9 Å². The Bertz CT molecular complexity index is 1530. The molecule has 1 saturated heterocycles. The van der Waals surface area contributed by atoms with Crippen LogP contribution in [-0.2, 0) is 15.1 Å². The SMILES string of the molecule is O=c1[nH]cnc2c1nc(Br)n2[C@@H]1O[C@H](COC(c2ccccc2)(c2ccccc2)c2ccccc2)[C@@H](O)[C@H]1O. The van der Waals surface area contributed by atoms with Crippen molar-refractivity contribution in [2.45, 2.75) is 30.1 Å². The summed E-state index contributed by atoms with van der Waals surface area (Å²) in [4.78, 5) is 23.1. The summed E-state index contributed by atoms with van der Waals surface area (Å²) >= 11 is 3.34. The molecule has 4 atom stereocenters. The predicted molar refractivity (Wildman–Crippen MR) is 147 cm³/mol. The van der Waals surface area contributed by atoms with E-state index in [-0.39, 0.29) is 22.5 Å². The summed E-state index contributed by atoms with van der Waals surface area (Å²) in [6.45, 7) is -0.0499. The second-order valence-electron chi connectivity index (χ2n) is 9.29. The molecule has 10 heteroatoms. The van der Waals surface area contributed by atoms with E-state index in [1.54, 1.807) is 0 Å². The first-order valence-corrected chi connectivity index (χ1v) is 13.2. The average Bonchev–Trinajstić information content (AvgIpc) is 3.46. The van der Waals surface area contributed by atoms with E-state index in [0.29, 0.717) is 0 Å². The molecule has 1 aliphatic heterocycles. The summed E-state index contributed by atoms with van der Waals surface area (Å²) in [6, 6.07) is 29.6. The molecule has 0 aliphatic carbocycles. The third kappa shape index (κ3) is 4.40. The monoisotopic (exact) mass is 588 g/mol. The fourth-order valence-electron chi connectivity index (χ4n) is 5.18. The highest BCUT2D eigenvalue weighted by molar-refractivity contribution is 9.10. The fourth-order valence-corrected chi connectivity index (χ4v) is 5.72. The Morgan fingerprint density at radius 3 is 1.97 bits per heavy atom. The minimum atomic E-state index is -1.33. The number of hydrogen-bond donors (Lipinski definition) is 3. The minimum Gasteiger partial charge on any atom is -0.387 e. The number of rotatable bonds is 7. The van der Waals surface area contributed by atoms with E-state index in [2.05, 4.69) is 30.9 Å². The lowest BCUT2D eigenvalue weighted by atomic mass is 9.80. The van der Waals surface area contributed by atoms with Crippen LogP contribution in [0.2, 0.25) is 0 Å². The molecule has 1 aliphatic rings. The van der Waals surface area contributed by atoms with Gasteiger partial charge < -0.3 is 24.7 Å². The quantitative estimate of drug-likeness (QED) is 0.196. The van der Waals surface area contributed by atoms with Crippen LogP contribution in [0.1, 0.15) is 22.9 Å². The molecule has 5 aromatic rings. The number of hydrogen-bond acceptors (Lipinski definition) is 7. The lowest BCUT2D eigenvalue weighted by Gasteiger charge is -2.37. The summed E-state index contributed by atoms with van der Waals surface area (Å²) in [6.07, 6.45) is -3.30. The Morgan fingerprint density at radius 1 is 0.897 bits per heavy atom. The number of aromatic amines is 1. The Balaban J connectivity index is 1.38. The van der Waals surface area contributed by atoms with E-state index in [4.69, 9.17) is 9.47 Å². The Hall–Kier alpha value is -3.67. The van der Waals surface area contributed by atoms with Gasteiger partial charge in [-0.25, -0.2) is 9.97 Å². The minimum absolute atomic E-state index is 0.0499. The first kappa shape index (κ1) is 25.6. The zero-order valence-electron chi connectivity index (χ0n) is 20.6. The molecule has 1 fully saturated rings. The molecule has 6 rings (SSSR count). The lowest BCUT2D eigenvalue weighted by molar-refractivity contribution is -0.0946. The second-order valence-corrected chi connectivity index (χ2v) is 10.0. The van der Waals surface area contributed by atoms with E-state index in [9.17, 15) is 15.0 Å². The highest BCUT2D eigenvalue weighted by Gasteiger charge is 2.47. The zero-order chi connectivity index (χ0) is 27.0. The number of H-pyrrole nitrogens is 1. The summed E-state index contributed by atoms with van der Waals surface area (Å²) in [7, 11) is 0. The molecule has 0 saturated carbocycles. The molecule has 3 heterocycles. The average molecular weight is 589 g/mol. The Labute approximate surface area is 231 Å². The summed E-state index contributed by atoms with van der Waals surface area (Å²) < 4.78 is 14.7. The summed E-state index contributed by atoms with van der Waals surface area (Å²) in [5, 5.41) is 22.1. The number of aliphatic hydroxyl groups is 2. The van der Waals surface area contributed by atoms with Gasteiger partial charge >= 0.3 is 0 Å². The molecular weight excluding hydrogens is 564 g/mol. The van der Waals surface area contributed by atoms with E-state index < -0.39 is 35.7 Å². The van der Waals surface area contributed by atoms with Gasteiger partial charge in [-0.05, 0) is 32.6 Å². The topological polar surface area (TPSA) is 122 Å². The standard InChI is InChI=1S/C29H25BrN4O5/c30-28-33-22-25(31-17-32-26(22)37)34(28)27-24(36)23(35)21(39-27)16-38-29(18-10-4-1-5-11-18,19-12-6-2-7-13-19)20-14-8-3-9-15-20/h1-15,17,21,23-24,27,35-36H,16H2,(H,31,32,37)/t21-,23-,24-,27-/m1/s1. The molecule has 0 unspecified atom stereocenters. The van der Waals surface area contributed by atoms with Crippen molar-refractivity contribution in [1.29, 1.82) is 0 Å². The van der Waals surface area contributed by atoms with Gasteiger partial charge in [-0.2, -0.15) is 0 Å². The van der Waals surface area contributed by atoms with Gasteiger partial charge in [0, 0.05) is 0 Å². The molecule has 39 heavy (non-hydrogen) atoms. The van der Waals surface area contributed by atoms with Gasteiger partial charge in [-0.15, -0.1) is 0 Å². The molecule has 3 aromatic carbocycles. The van der Waals surface area contributed by atoms with Crippen molar-refractivity contribution in [3.8, 4) is 0 Å². The predicted octanol–water partition coefficient (Wildman–Crippen LogP) is 3.51. The van der Waals surface area contributed by atoms with E-state index in [1.807, 2.05) is 91.0 Å². The molecule has 0 radical (unpaired) electrons. The molecule has 3 N–H and O–H groups in total. The molecular formula is C29H25BrN4O5. The molecule has 0 spiro atoms. The second kappa shape index (κ2) is 10.5. The van der Waals surface area contributed by atoms with Crippen LogP contribution in [0.4, 0.5) is 0 Å². The van der Waals surface area contributed by atoms with Crippen LogP contribution in [0.3, 0.4) is 0 Å². The Morgan fingerprint density at radius 2 is 1.44 bits per heavy atom. The first-order chi connectivity index (χ1) is 19.0. The van der Waals surface area contributed by atoms with Crippen molar-refractivity contribution >= 4 is 27.1 Å². The number of halogens is 1. The maximum absolute atomic E-state index is 12.2. The maximum atomic E-state index is 12.2. The number of benzene rings is 3. The number of ether oxygens (including phenoxy) is 2. The van der Waals surface area contributed by atoms with Crippen molar-refractivity contribution in [2.24, 2.45) is 0 Å². The van der Waals surface area contributed by atoms with Crippen molar-refractivity contribution in [3.63, 3.8) is 0 Å². The smallest absolute Gasteiger partial charge is 0.278 e. The van der Waals surface area contributed by atoms with Gasteiger partial charge in [0.05, 0.1) is 12.9 Å². The van der Waals surface area contributed by atoms with Crippen molar-refractivity contribution in [2.75, 3.05) is 6.61 Å². The van der Waals surface area contributed by atoms with Crippen LogP contribution in [0.25, 0.3) is 11.2 Å². The van der Waals surface area contributed by atoms with Crippen LogP contribution in [0.5, 0.6) is 0 Å². The fraction of sp³-hybridized carbons (Fsp3) is 0.207. The van der Waals surface area contributed by atoms with Crippen molar-refractivity contribution in [1.82, 2.24) is 19.5 Å². The first-order valence-electron chi connectivity index (χ1n) is 12.4. The van der Waals surface area contributed by atoms with Crippen molar-refractivity contribution < 1.29 is 19.7 Å². The van der Waals surface area contributed by atoms with Gasteiger partial charge in [0.15, 0.2) is 22.1 Å². The number of fused-ring (bicyclic) bond motifs is 1. The maximum Gasteiger partial charge on any atom is 0.278 e. The third-order valence-electron chi connectivity index (χ3n) is 7.04. The van der Waals surface area contributed by atoms with E-state index >= 15 is 0 Å². The lowest BCUT2D eigenvalue weighted by Crippen LogP contribution is -2.39. The van der Waals surface area contributed by atoms with E-state index in [0.717, 1.165) is 16.7 Å². The van der Waals surface area contributed by atoms with Crippen LogP contribution in [-0.4, -0.2) is 54.7 Å². The largest absolute Gasteiger partial charge is 0.387 e. The number of aromatic nitrogens is 4.